The zero-order valence-corrected chi connectivity index (χ0v) is 9.80. The third-order valence-electron chi connectivity index (χ3n) is 2.40. The standard InChI is InChI=1S/C11H14F2N2O2/c1-6-4-7(2)8(3)9(5-6)17-11(12,13)10(16)15-14/h4-5H,14H2,1-3H3,(H,15,16). The van der Waals surface area contributed by atoms with Crippen LogP contribution in [0.1, 0.15) is 16.7 Å². The molecular weight excluding hydrogens is 230 g/mol. The van der Waals surface area contributed by atoms with Crippen molar-refractivity contribution < 1.29 is 18.3 Å². The lowest BCUT2D eigenvalue weighted by Crippen LogP contribution is -2.47. The Kier molecular flexibility index (Phi) is 3.67. The second kappa shape index (κ2) is 4.67. The van der Waals surface area contributed by atoms with Crippen molar-refractivity contribution in [3.63, 3.8) is 0 Å². The monoisotopic (exact) mass is 244 g/mol. The smallest absolute Gasteiger partial charge is 0.425 e. The summed E-state index contributed by atoms with van der Waals surface area (Å²) in [5.41, 5.74) is 3.50. The fraction of sp³-hybridized carbons (Fsp3) is 0.364. The number of hydrazine groups is 1. The minimum Gasteiger partial charge on any atom is -0.425 e. The largest absolute Gasteiger partial charge is 0.483 e. The van der Waals surface area contributed by atoms with Gasteiger partial charge in [-0.25, -0.2) is 5.84 Å². The molecule has 0 unspecified atom stereocenters. The molecule has 0 aliphatic carbocycles. The molecule has 0 spiro atoms. The predicted octanol–water partition coefficient (Wildman–Crippen LogP) is 1.57. The van der Waals surface area contributed by atoms with E-state index in [0.717, 1.165) is 11.1 Å². The molecule has 1 amide bonds. The molecule has 0 heterocycles. The summed E-state index contributed by atoms with van der Waals surface area (Å²) in [6.07, 6.45) is -3.99. The third-order valence-corrected chi connectivity index (χ3v) is 2.40. The van der Waals surface area contributed by atoms with Gasteiger partial charge in [-0.05, 0) is 43.5 Å². The van der Waals surface area contributed by atoms with Crippen molar-refractivity contribution in [2.75, 3.05) is 0 Å². The zero-order valence-electron chi connectivity index (χ0n) is 9.80. The molecular formula is C11H14F2N2O2. The van der Waals surface area contributed by atoms with Gasteiger partial charge in [0.2, 0.25) is 0 Å². The molecule has 17 heavy (non-hydrogen) atoms. The van der Waals surface area contributed by atoms with Crippen LogP contribution in [-0.4, -0.2) is 12.0 Å². The number of halogens is 2. The van der Waals surface area contributed by atoms with Crippen LogP contribution in [0.4, 0.5) is 8.78 Å². The first kappa shape index (κ1) is 13.4. The van der Waals surface area contributed by atoms with E-state index in [4.69, 9.17) is 0 Å². The number of carbonyl (C=O) groups excluding carboxylic acids is 1. The number of amides is 1. The van der Waals surface area contributed by atoms with E-state index in [1.807, 2.05) is 6.07 Å². The number of benzene rings is 1. The Bertz CT molecular complexity index is 447. The summed E-state index contributed by atoms with van der Waals surface area (Å²) in [5.74, 6) is 2.93. The van der Waals surface area contributed by atoms with E-state index in [1.165, 1.54) is 11.5 Å². The van der Waals surface area contributed by atoms with E-state index in [0.29, 0.717) is 5.56 Å². The summed E-state index contributed by atoms with van der Waals surface area (Å²) < 4.78 is 30.9. The first-order valence-corrected chi connectivity index (χ1v) is 4.93. The van der Waals surface area contributed by atoms with E-state index >= 15 is 0 Å². The zero-order chi connectivity index (χ0) is 13.2. The van der Waals surface area contributed by atoms with Gasteiger partial charge in [-0.2, -0.15) is 8.78 Å². The van der Waals surface area contributed by atoms with Crippen LogP contribution in [0.2, 0.25) is 0 Å². The Morgan fingerprint density at radius 2 is 1.94 bits per heavy atom. The molecule has 0 aliphatic heterocycles. The van der Waals surface area contributed by atoms with Crippen LogP contribution in [0.25, 0.3) is 0 Å². The molecule has 0 saturated carbocycles. The summed E-state index contributed by atoms with van der Waals surface area (Å²) in [6, 6.07) is 3.28. The van der Waals surface area contributed by atoms with E-state index in [-0.39, 0.29) is 5.75 Å². The summed E-state index contributed by atoms with van der Waals surface area (Å²) in [6.45, 7) is 5.16. The highest BCUT2D eigenvalue weighted by Gasteiger charge is 2.42. The number of nitrogens with two attached hydrogens (primary N) is 1. The van der Waals surface area contributed by atoms with Gasteiger partial charge in [0.05, 0.1) is 0 Å². The molecule has 0 saturated heterocycles. The highest BCUT2D eigenvalue weighted by molar-refractivity contribution is 5.81. The Hall–Kier alpha value is -1.69. The van der Waals surface area contributed by atoms with Crippen molar-refractivity contribution >= 4 is 5.91 Å². The van der Waals surface area contributed by atoms with Crippen molar-refractivity contribution in [1.82, 2.24) is 5.43 Å². The Balaban J connectivity index is 3.07. The summed E-state index contributed by atoms with van der Waals surface area (Å²) >= 11 is 0. The summed E-state index contributed by atoms with van der Waals surface area (Å²) in [4.78, 5) is 10.8. The van der Waals surface area contributed by atoms with Gasteiger partial charge in [-0.3, -0.25) is 10.2 Å². The van der Waals surface area contributed by atoms with Crippen LogP contribution in [0.15, 0.2) is 12.1 Å². The molecule has 94 valence electrons. The van der Waals surface area contributed by atoms with E-state index in [2.05, 4.69) is 10.6 Å². The molecule has 0 aliphatic rings. The van der Waals surface area contributed by atoms with Crippen molar-refractivity contribution in [3.05, 3.63) is 28.8 Å². The molecule has 3 N–H and O–H groups in total. The second-order valence-corrected chi connectivity index (χ2v) is 3.80. The fourth-order valence-electron chi connectivity index (χ4n) is 1.38. The Morgan fingerprint density at radius 1 is 1.35 bits per heavy atom. The lowest BCUT2D eigenvalue weighted by molar-refractivity contribution is -0.193. The van der Waals surface area contributed by atoms with Gasteiger partial charge >= 0.3 is 12.0 Å². The van der Waals surface area contributed by atoms with Crippen LogP contribution in [0, 0.1) is 20.8 Å². The topological polar surface area (TPSA) is 64.3 Å². The highest BCUT2D eigenvalue weighted by atomic mass is 19.3. The molecule has 0 aromatic heterocycles. The van der Waals surface area contributed by atoms with Crippen molar-refractivity contribution in [1.29, 1.82) is 0 Å². The number of nitrogens with one attached hydrogen (secondary N) is 1. The fourth-order valence-corrected chi connectivity index (χ4v) is 1.38. The number of ether oxygens (including phenoxy) is 1. The lowest BCUT2D eigenvalue weighted by atomic mass is 10.1. The van der Waals surface area contributed by atoms with Gasteiger partial charge in [0.25, 0.3) is 0 Å². The van der Waals surface area contributed by atoms with Gasteiger partial charge in [0, 0.05) is 0 Å². The van der Waals surface area contributed by atoms with Crippen LogP contribution in [0.3, 0.4) is 0 Å². The molecule has 0 radical (unpaired) electrons. The molecule has 1 aromatic carbocycles. The molecule has 0 atom stereocenters. The first-order chi connectivity index (χ1) is 7.77. The third kappa shape index (κ3) is 2.91. The van der Waals surface area contributed by atoms with Gasteiger partial charge in [-0.1, -0.05) is 6.07 Å². The van der Waals surface area contributed by atoms with Crippen molar-refractivity contribution in [3.8, 4) is 5.75 Å². The Labute approximate surface area is 97.7 Å². The maximum atomic E-state index is 13.2. The van der Waals surface area contributed by atoms with E-state index in [9.17, 15) is 13.6 Å². The number of carbonyl (C=O) groups is 1. The summed E-state index contributed by atoms with van der Waals surface area (Å²) in [7, 11) is 0. The molecule has 0 fully saturated rings. The quantitative estimate of drug-likeness (QED) is 0.482. The van der Waals surface area contributed by atoms with Crippen molar-refractivity contribution in [2.45, 2.75) is 26.9 Å². The molecule has 1 rings (SSSR count). The molecule has 0 bridgehead atoms. The predicted molar refractivity (Wildman–Crippen MR) is 58.6 cm³/mol. The van der Waals surface area contributed by atoms with Gasteiger partial charge in [-0.15, -0.1) is 0 Å². The van der Waals surface area contributed by atoms with Crippen LogP contribution < -0.4 is 16.0 Å². The SMILES string of the molecule is Cc1cc(C)c(C)c(OC(F)(F)C(=O)NN)c1. The van der Waals surface area contributed by atoms with E-state index in [1.54, 1.807) is 20.8 Å². The number of rotatable bonds is 3. The molecule has 6 heteroatoms. The molecule has 4 nitrogen and oxygen atoms in total. The maximum absolute atomic E-state index is 13.2. The first-order valence-electron chi connectivity index (χ1n) is 4.93. The lowest BCUT2D eigenvalue weighted by Gasteiger charge is -2.18. The summed E-state index contributed by atoms with van der Waals surface area (Å²) in [5, 5.41) is 0. The number of aryl methyl sites for hydroxylation is 2. The highest BCUT2D eigenvalue weighted by Crippen LogP contribution is 2.28. The Morgan fingerprint density at radius 3 is 2.47 bits per heavy atom. The normalized spacial score (nSPS) is 11.2. The number of hydrogen-bond donors (Lipinski definition) is 2. The maximum Gasteiger partial charge on any atom is 0.483 e. The van der Waals surface area contributed by atoms with Crippen LogP contribution in [0.5, 0.6) is 5.75 Å². The van der Waals surface area contributed by atoms with Gasteiger partial charge in [0.15, 0.2) is 0 Å². The van der Waals surface area contributed by atoms with Crippen LogP contribution in [-0.2, 0) is 4.79 Å². The van der Waals surface area contributed by atoms with Crippen LogP contribution >= 0.6 is 0 Å². The molecule has 1 aromatic rings. The van der Waals surface area contributed by atoms with Gasteiger partial charge < -0.3 is 4.74 Å². The van der Waals surface area contributed by atoms with E-state index < -0.39 is 12.0 Å². The average molecular weight is 244 g/mol. The second-order valence-electron chi connectivity index (χ2n) is 3.80. The number of hydrogen-bond acceptors (Lipinski definition) is 3. The minimum absolute atomic E-state index is 0.0314. The van der Waals surface area contributed by atoms with Crippen molar-refractivity contribution in [2.24, 2.45) is 5.84 Å². The minimum atomic E-state index is -3.99. The number of alkyl halides is 2. The average Bonchev–Trinajstić information content (AvgIpc) is 2.23. The van der Waals surface area contributed by atoms with Gasteiger partial charge in [0.1, 0.15) is 5.75 Å².